The molecule has 132 valence electrons. The molecule has 26 heavy (non-hydrogen) atoms. The summed E-state index contributed by atoms with van der Waals surface area (Å²) in [5.41, 5.74) is 3.28. The maximum absolute atomic E-state index is 12.5. The van der Waals surface area contributed by atoms with Crippen LogP contribution in [-0.2, 0) is 0 Å². The Bertz CT molecular complexity index is 976. The highest BCUT2D eigenvalue weighted by Gasteiger charge is 2.12. The van der Waals surface area contributed by atoms with Gasteiger partial charge >= 0.3 is 0 Å². The highest BCUT2D eigenvalue weighted by molar-refractivity contribution is 6.31. The summed E-state index contributed by atoms with van der Waals surface area (Å²) in [6.07, 6.45) is 0. The maximum atomic E-state index is 12.5. The Morgan fingerprint density at radius 3 is 2.50 bits per heavy atom. The molecule has 0 radical (unpaired) electrons. The minimum absolute atomic E-state index is 0.250. The number of hydrogen-bond acceptors (Lipinski definition) is 4. The fraction of sp³-hybridized carbons (Fsp3) is 0.105. The summed E-state index contributed by atoms with van der Waals surface area (Å²) in [6.45, 7) is 3.75. The largest absolute Gasteiger partial charge is 0.324 e. The number of carbonyl (C=O) groups is 1. The monoisotopic (exact) mass is 386 g/mol. The zero-order valence-corrected chi connectivity index (χ0v) is 15.7. The Hall–Kier alpha value is -2.63. The van der Waals surface area contributed by atoms with E-state index in [9.17, 15) is 4.79 Å². The number of carbonyl (C=O) groups excluding carboxylic acids is 1. The summed E-state index contributed by atoms with van der Waals surface area (Å²) in [4.78, 5) is 21.2. The van der Waals surface area contributed by atoms with Crippen molar-refractivity contribution in [3.05, 3.63) is 75.5 Å². The molecule has 7 heteroatoms. The van der Waals surface area contributed by atoms with Gasteiger partial charge in [-0.05, 0) is 55.8 Å². The third-order valence-corrected chi connectivity index (χ3v) is 4.09. The first kappa shape index (κ1) is 18.2. The molecule has 0 unspecified atom stereocenters. The van der Waals surface area contributed by atoms with Crippen molar-refractivity contribution in [2.75, 3.05) is 10.6 Å². The van der Waals surface area contributed by atoms with E-state index in [4.69, 9.17) is 23.2 Å². The number of amides is 1. The van der Waals surface area contributed by atoms with E-state index in [1.165, 1.54) is 0 Å². The molecule has 2 aromatic carbocycles. The van der Waals surface area contributed by atoms with Crippen LogP contribution < -0.4 is 10.6 Å². The van der Waals surface area contributed by atoms with Gasteiger partial charge < -0.3 is 10.6 Å². The van der Waals surface area contributed by atoms with Gasteiger partial charge in [-0.1, -0.05) is 35.3 Å². The molecule has 0 fully saturated rings. The van der Waals surface area contributed by atoms with Crippen molar-refractivity contribution in [3.8, 4) is 0 Å². The van der Waals surface area contributed by atoms with Gasteiger partial charge in [0, 0.05) is 27.1 Å². The molecule has 0 bridgehead atoms. The second-order valence-electron chi connectivity index (χ2n) is 5.77. The maximum Gasteiger partial charge on any atom is 0.274 e. The number of rotatable bonds is 4. The molecular formula is C19H16Cl2N4O. The molecule has 2 N–H and O–H groups in total. The van der Waals surface area contributed by atoms with Crippen LogP contribution in [0.3, 0.4) is 0 Å². The van der Waals surface area contributed by atoms with Gasteiger partial charge in [0.15, 0.2) is 0 Å². The Morgan fingerprint density at radius 1 is 0.962 bits per heavy atom. The first-order valence-corrected chi connectivity index (χ1v) is 8.62. The molecule has 1 aromatic heterocycles. The third kappa shape index (κ3) is 4.50. The van der Waals surface area contributed by atoms with Gasteiger partial charge in [0.25, 0.3) is 5.91 Å². The van der Waals surface area contributed by atoms with Crippen molar-refractivity contribution < 1.29 is 4.79 Å². The molecule has 0 aliphatic rings. The summed E-state index contributed by atoms with van der Waals surface area (Å²) in [5, 5.41) is 7.03. The van der Waals surface area contributed by atoms with Crippen LogP contribution in [0.1, 0.15) is 21.7 Å². The lowest BCUT2D eigenvalue weighted by Gasteiger charge is -2.11. The van der Waals surface area contributed by atoms with E-state index in [0.717, 1.165) is 11.3 Å². The average Bonchev–Trinajstić information content (AvgIpc) is 2.57. The van der Waals surface area contributed by atoms with E-state index in [0.29, 0.717) is 27.4 Å². The van der Waals surface area contributed by atoms with Crippen LogP contribution in [0.2, 0.25) is 10.0 Å². The first-order chi connectivity index (χ1) is 12.4. The highest BCUT2D eigenvalue weighted by atomic mass is 35.5. The molecule has 0 aliphatic carbocycles. The lowest BCUT2D eigenvalue weighted by atomic mass is 10.2. The van der Waals surface area contributed by atoms with Gasteiger partial charge in [0.1, 0.15) is 5.69 Å². The molecule has 0 atom stereocenters. The van der Waals surface area contributed by atoms with Gasteiger partial charge in [-0.2, -0.15) is 0 Å². The van der Waals surface area contributed by atoms with Crippen LogP contribution in [-0.4, -0.2) is 15.9 Å². The minimum atomic E-state index is -0.344. The Morgan fingerprint density at radius 2 is 1.73 bits per heavy atom. The standard InChI is InChI=1S/C19H16Cl2N4O/c1-11-6-7-14(21)10-16(11)24-19-22-12(2)8-17(25-19)18(26)23-15-5-3-4-13(20)9-15/h3-10H,1-2H3,(H,23,26)(H,22,24,25). The van der Waals surface area contributed by atoms with Crippen molar-refractivity contribution >= 4 is 46.4 Å². The highest BCUT2D eigenvalue weighted by Crippen LogP contribution is 2.23. The van der Waals surface area contributed by atoms with E-state index in [1.807, 2.05) is 19.1 Å². The molecule has 0 saturated heterocycles. The molecule has 1 amide bonds. The molecule has 3 rings (SSSR count). The van der Waals surface area contributed by atoms with E-state index in [2.05, 4.69) is 20.6 Å². The molecule has 0 saturated carbocycles. The van der Waals surface area contributed by atoms with Crippen LogP contribution in [0, 0.1) is 13.8 Å². The topological polar surface area (TPSA) is 66.9 Å². The molecule has 0 aliphatic heterocycles. The van der Waals surface area contributed by atoms with Gasteiger partial charge in [-0.25, -0.2) is 9.97 Å². The van der Waals surface area contributed by atoms with Crippen LogP contribution in [0.5, 0.6) is 0 Å². The normalized spacial score (nSPS) is 10.5. The zero-order chi connectivity index (χ0) is 18.7. The number of hydrogen-bond donors (Lipinski definition) is 2. The summed E-state index contributed by atoms with van der Waals surface area (Å²) in [7, 11) is 0. The van der Waals surface area contributed by atoms with Crippen molar-refractivity contribution in [3.63, 3.8) is 0 Å². The molecule has 5 nitrogen and oxygen atoms in total. The van der Waals surface area contributed by atoms with E-state index in [1.54, 1.807) is 43.3 Å². The summed E-state index contributed by atoms with van der Waals surface area (Å²) in [5.74, 6) is -0.0183. The summed E-state index contributed by atoms with van der Waals surface area (Å²) >= 11 is 12.0. The van der Waals surface area contributed by atoms with Crippen molar-refractivity contribution in [2.45, 2.75) is 13.8 Å². The number of benzene rings is 2. The van der Waals surface area contributed by atoms with Crippen LogP contribution >= 0.6 is 23.2 Å². The van der Waals surface area contributed by atoms with Gasteiger partial charge in [-0.15, -0.1) is 0 Å². The Balaban J connectivity index is 1.85. The van der Waals surface area contributed by atoms with Crippen molar-refractivity contribution in [2.24, 2.45) is 0 Å². The number of aryl methyl sites for hydroxylation is 2. The van der Waals surface area contributed by atoms with Crippen molar-refractivity contribution in [1.29, 1.82) is 0 Å². The first-order valence-electron chi connectivity index (χ1n) is 7.86. The van der Waals surface area contributed by atoms with Crippen LogP contribution in [0.15, 0.2) is 48.5 Å². The molecule has 0 spiro atoms. The second kappa shape index (κ2) is 7.72. The summed E-state index contributed by atoms with van der Waals surface area (Å²) in [6, 6.07) is 14.0. The lowest BCUT2D eigenvalue weighted by molar-refractivity contribution is 0.102. The van der Waals surface area contributed by atoms with Crippen LogP contribution in [0.25, 0.3) is 0 Å². The molecular weight excluding hydrogens is 371 g/mol. The van der Waals surface area contributed by atoms with Crippen molar-refractivity contribution in [1.82, 2.24) is 9.97 Å². The van der Waals surface area contributed by atoms with Gasteiger partial charge in [0.05, 0.1) is 0 Å². The Kier molecular flexibility index (Phi) is 5.40. The number of nitrogens with one attached hydrogen (secondary N) is 2. The third-order valence-electron chi connectivity index (χ3n) is 3.62. The molecule has 3 aromatic rings. The van der Waals surface area contributed by atoms with E-state index >= 15 is 0 Å². The summed E-state index contributed by atoms with van der Waals surface area (Å²) < 4.78 is 0. The smallest absolute Gasteiger partial charge is 0.274 e. The number of aromatic nitrogens is 2. The van der Waals surface area contributed by atoms with E-state index < -0.39 is 0 Å². The number of anilines is 3. The van der Waals surface area contributed by atoms with Gasteiger partial charge in [-0.3, -0.25) is 4.79 Å². The number of halogens is 2. The average molecular weight is 387 g/mol. The fourth-order valence-electron chi connectivity index (χ4n) is 2.35. The predicted octanol–water partition coefficient (Wildman–Crippen LogP) is 5.40. The van der Waals surface area contributed by atoms with Gasteiger partial charge in [0.2, 0.25) is 5.95 Å². The lowest BCUT2D eigenvalue weighted by Crippen LogP contribution is -2.15. The van der Waals surface area contributed by atoms with Crippen LogP contribution in [0.4, 0.5) is 17.3 Å². The second-order valence-corrected chi connectivity index (χ2v) is 6.64. The Labute approximate surface area is 161 Å². The van der Waals surface area contributed by atoms with E-state index in [-0.39, 0.29) is 11.6 Å². The minimum Gasteiger partial charge on any atom is -0.324 e. The SMILES string of the molecule is Cc1cc(C(=O)Nc2cccc(Cl)c2)nc(Nc2cc(Cl)ccc2C)n1. The predicted molar refractivity (Wildman–Crippen MR) is 106 cm³/mol. The quantitative estimate of drug-likeness (QED) is 0.629. The fourth-order valence-corrected chi connectivity index (χ4v) is 2.71. The zero-order valence-electron chi connectivity index (χ0n) is 14.2. The number of nitrogens with zero attached hydrogens (tertiary/aromatic N) is 2. The molecule has 1 heterocycles.